The smallest absolute Gasteiger partial charge is 0.438 e. The molecule has 1 rings (SSSR count). The molecular weight excluding hydrogens is 184 g/mol. The summed E-state index contributed by atoms with van der Waals surface area (Å²) >= 11 is 0. The molecule has 0 radical (unpaired) electrons. The molecule has 0 amide bonds. The number of carbonyl (C=O) groups is 1. The average Bonchev–Trinajstić information content (AvgIpc) is 2.30. The summed E-state index contributed by atoms with van der Waals surface area (Å²) < 4.78 is 30.6. The average molecular weight is 194 g/mol. The van der Waals surface area contributed by atoms with E-state index in [1.165, 1.54) is 7.11 Å². The molecular formula is C6H10O5S. The van der Waals surface area contributed by atoms with Gasteiger partial charge in [0.2, 0.25) is 0 Å². The first-order valence-electron chi connectivity index (χ1n) is 3.48. The van der Waals surface area contributed by atoms with Gasteiger partial charge in [-0.15, -0.1) is 0 Å². The van der Waals surface area contributed by atoms with E-state index in [0.29, 0.717) is 6.42 Å². The van der Waals surface area contributed by atoms with Crippen LogP contribution in [0.2, 0.25) is 0 Å². The molecule has 0 N–H and O–H groups in total. The highest BCUT2D eigenvalue weighted by atomic mass is 32.2. The summed E-state index contributed by atoms with van der Waals surface area (Å²) in [5.74, 6) is 0.0107. The van der Waals surface area contributed by atoms with Crippen molar-refractivity contribution in [2.45, 2.75) is 12.5 Å². The van der Waals surface area contributed by atoms with Crippen LogP contribution in [0.15, 0.2) is 0 Å². The zero-order valence-corrected chi connectivity index (χ0v) is 7.46. The topological polar surface area (TPSA) is 69.7 Å². The Kier molecular flexibility index (Phi) is 2.56. The zero-order chi connectivity index (χ0) is 9.19. The van der Waals surface area contributed by atoms with Gasteiger partial charge in [0, 0.05) is 0 Å². The molecule has 1 atom stereocenters. The molecule has 70 valence electrons. The van der Waals surface area contributed by atoms with Gasteiger partial charge in [-0.25, -0.2) is 13.2 Å². The lowest BCUT2D eigenvalue weighted by Gasteiger charge is -2.07. The Hall–Kier alpha value is -0.780. The van der Waals surface area contributed by atoms with Gasteiger partial charge in [-0.1, -0.05) is 0 Å². The zero-order valence-electron chi connectivity index (χ0n) is 6.65. The van der Waals surface area contributed by atoms with Crippen molar-refractivity contribution in [2.75, 3.05) is 18.6 Å². The first kappa shape index (κ1) is 9.31. The van der Waals surface area contributed by atoms with Crippen LogP contribution in [0.4, 0.5) is 4.79 Å². The van der Waals surface area contributed by atoms with Gasteiger partial charge in [0.1, 0.15) is 6.10 Å². The Labute approximate surface area is 70.6 Å². The first-order valence-corrected chi connectivity index (χ1v) is 5.30. The SMILES string of the molecule is COC(=O)O[C@H]1CCS(=O)(=O)C1. The summed E-state index contributed by atoms with van der Waals surface area (Å²) in [5.41, 5.74) is 0. The van der Waals surface area contributed by atoms with E-state index in [4.69, 9.17) is 0 Å². The van der Waals surface area contributed by atoms with Gasteiger partial charge < -0.3 is 9.47 Å². The number of rotatable bonds is 1. The molecule has 0 aromatic heterocycles. The Morgan fingerprint density at radius 1 is 1.50 bits per heavy atom. The summed E-state index contributed by atoms with van der Waals surface area (Å²) in [4.78, 5) is 10.5. The van der Waals surface area contributed by atoms with E-state index in [0.717, 1.165) is 0 Å². The van der Waals surface area contributed by atoms with Crippen LogP contribution in [0.5, 0.6) is 0 Å². The molecule has 0 spiro atoms. The molecule has 0 unspecified atom stereocenters. The lowest BCUT2D eigenvalue weighted by Crippen LogP contribution is -2.19. The van der Waals surface area contributed by atoms with Gasteiger partial charge in [0.05, 0.1) is 18.6 Å². The number of hydrogen-bond acceptors (Lipinski definition) is 5. The highest BCUT2D eigenvalue weighted by molar-refractivity contribution is 7.91. The minimum absolute atomic E-state index is 0.0812. The lowest BCUT2D eigenvalue weighted by atomic mass is 10.3. The molecule has 0 aliphatic carbocycles. The third kappa shape index (κ3) is 2.37. The molecule has 1 heterocycles. The van der Waals surface area contributed by atoms with Gasteiger partial charge in [-0.3, -0.25) is 0 Å². The van der Waals surface area contributed by atoms with Gasteiger partial charge in [0.25, 0.3) is 0 Å². The van der Waals surface area contributed by atoms with Crippen molar-refractivity contribution in [2.24, 2.45) is 0 Å². The molecule has 1 fully saturated rings. The minimum atomic E-state index is -2.98. The van der Waals surface area contributed by atoms with Crippen molar-refractivity contribution in [1.29, 1.82) is 0 Å². The van der Waals surface area contributed by atoms with Crippen LogP contribution in [0, 0.1) is 0 Å². The standard InChI is InChI=1S/C6H10O5S/c1-10-6(7)11-5-2-3-12(8,9)4-5/h5H,2-4H2,1H3/t5-/m0/s1. The highest BCUT2D eigenvalue weighted by Gasteiger charge is 2.30. The Morgan fingerprint density at radius 3 is 2.58 bits per heavy atom. The predicted molar refractivity (Wildman–Crippen MR) is 40.5 cm³/mol. The second kappa shape index (κ2) is 3.30. The predicted octanol–water partition coefficient (Wildman–Crippen LogP) is -0.0435. The van der Waals surface area contributed by atoms with Crippen LogP contribution in [-0.2, 0) is 19.3 Å². The molecule has 12 heavy (non-hydrogen) atoms. The second-order valence-corrected chi connectivity index (χ2v) is 4.83. The minimum Gasteiger partial charge on any atom is -0.438 e. The fraction of sp³-hybridized carbons (Fsp3) is 0.833. The molecule has 1 saturated heterocycles. The Balaban J connectivity index is 2.43. The van der Waals surface area contributed by atoms with Crippen molar-refractivity contribution >= 4 is 16.0 Å². The molecule has 0 saturated carbocycles. The fourth-order valence-electron chi connectivity index (χ4n) is 1.04. The van der Waals surface area contributed by atoms with Crippen molar-refractivity contribution in [3.05, 3.63) is 0 Å². The first-order chi connectivity index (χ1) is 5.53. The van der Waals surface area contributed by atoms with Gasteiger partial charge in [0.15, 0.2) is 9.84 Å². The number of carbonyl (C=O) groups excluding carboxylic acids is 1. The van der Waals surface area contributed by atoms with E-state index in [1.807, 2.05) is 0 Å². The van der Waals surface area contributed by atoms with Crippen molar-refractivity contribution in [3.63, 3.8) is 0 Å². The van der Waals surface area contributed by atoms with E-state index >= 15 is 0 Å². The molecule has 0 aromatic rings. The largest absolute Gasteiger partial charge is 0.508 e. The van der Waals surface area contributed by atoms with E-state index in [1.54, 1.807) is 0 Å². The summed E-state index contributed by atoms with van der Waals surface area (Å²) in [6, 6.07) is 0. The van der Waals surface area contributed by atoms with Crippen LogP contribution in [0.1, 0.15) is 6.42 Å². The molecule has 1 aliphatic heterocycles. The molecule has 5 nitrogen and oxygen atoms in total. The summed E-state index contributed by atoms with van der Waals surface area (Å²) in [7, 11) is -1.80. The maximum absolute atomic E-state index is 10.9. The molecule has 1 aliphatic rings. The second-order valence-electron chi connectivity index (χ2n) is 2.60. The molecule has 0 aromatic carbocycles. The van der Waals surface area contributed by atoms with Gasteiger partial charge in [-0.05, 0) is 6.42 Å². The number of ether oxygens (including phenoxy) is 2. The van der Waals surface area contributed by atoms with E-state index < -0.39 is 22.1 Å². The van der Waals surface area contributed by atoms with Crippen molar-refractivity contribution in [3.8, 4) is 0 Å². The Morgan fingerprint density at radius 2 is 2.17 bits per heavy atom. The normalized spacial score (nSPS) is 26.6. The molecule has 0 bridgehead atoms. The van der Waals surface area contributed by atoms with Crippen LogP contribution in [0.3, 0.4) is 0 Å². The van der Waals surface area contributed by atoms with Gasteiger partial charge >= 0.3 is 6.16 Å². The maximum atomic E-state index is 10.9. The number of hydrogen-bond donors (Lipinski definition) is 0. The van der Waals surface area contributed by atoms with Crippen molar-refractivity contribution < 1.29 is 22.7 Å². The monoisotopic (exact) mass is 194 g/mol. The van der Waals surface area contributed by atoms with Crippen LogP contribution in [-0.4, -0.2) is 39.3 Å². The number of sulfone groups is 1. The summed E-state index contributed by atoms with van der Waals surface area (Å²) in [6.45, 7) is 0. The third-order valence-electron chi connectivity index (χ3n) is 1.62. The number of methoxy groups -OCH3 is 1. The quantitative estimate of drug-likeness (QED) is 0.547. The van der Waals surface area contributed by atoms with E-state index in [2.05, 4.69) is 9.47 Å². The van der Waals surface area contributed by atoms with E-state index in [-0.39, 0.29) is 11.5 Å². The summed E-state index contributed by atoms with van der Waals surface area (Å²) in [5, 5.41) is 0. The summed E-state index contributed by atoms with van der Waals surface area (Å²) in [6.07, 6.45) is -0.975. The third-order valence-corrected chi connectivity index (χ3v) is 3.36. The van der Waals surface area contributed by atoms with Crippen LogP contribution >= 0.6 is 0 Å². The fourth-order valence-corrected chi connectivity index (χ4v) is 2.63. The Bertz CT molecular complexity index is 268. The highest BCUT2D eigenvalue weighted by Crippen LogP contribution is 2.14. The van der Waals surface area contributed by atoms with Crippen LogP contribution in [0.25, 0.3) is 0 Å². The van der Waals surface area contributed by atoms with Crippen LogP contribution < -0.4 is 0 Å². The maximum Gasteiger partial charge on any atom is 0.508 e. The lowest BCUT2D eigenvalue weighted by molar-refractivity contribution is 0.0459. The van der Waals surface area contributed by atoms with E-state index in [9.17, 15) is 13.2 Å². The van der Waals surface area contributed by atoms with Gasteiger partial charge in [-0.2, -0.15) is 0 Å². The van der Waals surface area contributed by atoms with Crippen molar-refractivity contribution in [1.82, 2.24) is 0 Å². The molecule has 6 heteroatoms.